The van der Waals surface area contributed by atoms with Gasteiger partial charge < -0.3 is 19.8 Å². The average Bonchev–Trinajstić information content (AvgIpc) is 3.08. The van der Waals surface area contributed by atoms with Crippen molar-refractivity contribution in [2.45, 2.75) is 12.5 Å². The Morgan fingerprint density at radius 1 is 1.38 bits per heavy atom. The van der Waals surface area contributed by atoms with E-state index in [1.165, 1.54) is 0 Å². The molecule has 1 saturated carbocycles. The van der Waals surface area contributed by atoms with Crippen LogP contribution in [0.2, 0.25) is 0 Å². The van der Waals surface area contributed by atoms with E-state index in [4.69, 9.17) is 14.9 Å². The lowest BCUT2D eigenvalue weighted by molar-refractivity contribution is -0.146. The highest BCUT2D eigenvalue weighted by Crippen LogP contribution is 2.40. The molecule has 16 heavy (non-hydrogen) atoms. The standard InChI is InChI=1S/C10H15NO5/c12-4-6-5-16-2-1-11(6)9(13)7-3-8(7)10(14)15/h6-8,12H,1-5H2,(H,14,15). The first-order chi connectivity index (χ1) is 7.65. The zero-order valence-electron chi connectivity index (χ0n) is 8.83. The Kier molecular flexibility index (Phi) is 3.11. The number of carboxylic acids is 1. The van der Waals surface area contributed by atoms with Crippen LogP contribution < -0.4 is 0 Å². The molecule has 3 atom stereocenters. The number of carbonyl (C=O) groups excluding carboxylic acids is 1. The monoisotopic (exact) mass is 229 g/mol. The van der Waals surface area contributed by atoms with Gasteiger partial charge in [0.2, 0.25) is 5.91 Å². The summed E-state index contributed by atoms with van der Waals surface area (Å²) in [6.45, 7) is 1.07. The first kappa shape index (κ1) is 11.3. The van der Waals surface area contributed by atoms with Crippen LogP contribution in [0.4, 0.5) is 0 Å². The predicted molar refractivity (Wildman–Crippen MR) is 52.6 cm³/mol. The van der Waals surface area contributed by atoms with Crippen LogP contribution in [-0.4, -0.2) is 59.4 Å². The number of nitrogens with zero attached hydrogens (tertiary/aromatic N) is 1. The Balaban J connectivity index is 1.96. The van der Waals surface area contributed by atoms with Crippen molar-refractivity contribution >= 4 is 11.9 Å². The molecule has 1 aliphatic heterocycles. The van der Waals surface area contributed by atoms with Gasteiger partial charge in [0.15, 0.2) is 0 Å². The van der Waals surface area contributed by atoms with Crippen LogP contribution in [0, 0.1) is 11.8 Å². The molecular formula is C10H15NO5. The van der Waals surface area contributed by atoms with Crippen molar-refractivity contribution in [3.63, 3.8) is 0 Å². The van der Waals surface area contributed by atoms with Crippen molar-refractivity contribution < 1.29 is 24.5 Å². The number of carboxylic acid groups (broad SMARTS) is 1. The smallest absolute Gasteiger partial charge is 0.307 e. The number of rotatable bonds is 3. The van der Waals surface area contributed by atoms with Crippen molar-refractivity contribution in [3.05, 3.63) is 0 Å². The molecule has 6 nitrogen and oxygen atoms in total. The minimum Gasteiger partial charge on any atom is -0.481 e. The van der Waals surface area contributed by atoms with E-state index >= 15 is 0 Å². The highest BCUT2D eigenvalue weighted by atomic mass is 16.5. The van der Waals surface area contributed by atoms with E-state index in [-0.39, 0.29) is 18.6 Å². The quantitative estimate of drug-likeness (QED) is 0.643. The summed E-state index contributed by atoms with van der Waals surface area (Å²) in [7, 11) is 0. The highest BCUT2D eigenvalue weighted by molar-refractivity contribution is 5.89. The maximum atomic E-state index is 11.9. The topological polar surface area (TPSA) is 87.1 Å². The third kappa shape index (κ3) is 2.03. The zero-order valence-corrected chi connectivity index (χ0v) is 8.83. The van der Waals surface area contributed by atoms with Gasteiger partial charge >= 0.3 is 5.97 Å². The molecule has 1 aliphatic carbocycles. The third-order valence-corrected chi connectivity index (χ3v) is 3.15. The SMILES string of the molecule is O=C(O)C1CC1C(=O)N1CCOCC1CO. The summed E-state index contributed by atoms with van der Waals surface area (Å²) in [6, 6.07) is -0.323. The molecule has 2 N–H and O–H groups in total. The van der Waals surface area contributed by atoms with Crippen LogP contribution >= 0.6 is 0 Å². The van der Waals surface area contributed by atoms with Gasteiger partial charge in [0.05, 0.1) is 37.7 Å². The van der Waals surface area contributed by atoms with Crippen molar-refractivity contribution in [1.29, 1.82) is 0 Å². The van der Waals surface area contributed by atoms with Crippen LogP contribution in [0.1, 0.15) is 6.42 Å². The normalized spacial score (nSPS) is 33.6. The number of hydrogen-bond donors (Lipinski definition) is 2. The van der Waals surface area contributed by atoms with Crippen LogP contribution in [0.3, 0.4) is 0 Å². The molecule has 0 bridgehead atoms. The van der Waals surface area contributed by atoms with Crippen molar-refractivity contribution in [1.82, 2.24) is 4.90 Å². The van der Waals surface area contributed by atoms with Gasteiger partial charge in [-0.05, 0) is 6.42 Å². The Labute approximate surface area is 92.8 Å². The molecule has 2 aliphatic rings. The van der Waals surface area contributed by atoms with E-state index in [1.807, 2.05) is 0 Å². The molecule has 2 fully saturated rings. The van der Waals surface area contributed by atoms with E-state index < -0.39 is 17.8 Å². The molecule has 0 spiro atoms. The number of morpholine rings is 1. The van der Waals surface area contributed by atoms with E-state index in [2.05, 4.69) is 0 Å². The van der Waals surface area contributed by atoms with Crippen molar-refractivity contribution in [3.8, 4) is 0 Å². The lowest BCUT2D eigenvalue weighted by Crippen LogP contribution is -2.51. The maximum Gasteiger partial charge on any atom is 0.307 e. The number of aliphatic hydroxyl groups excluding tert-OH is 1. The van der Waals surface area contributed by atoms with Crippen molar-refractivity contribution in [2.75, 3.05) is 26.4 Å². The second-order valence-corrected chi connectivity index (χ2v) is 4.23. The molecule has 1 saturated heterocycles. The summed E-state index contributed by atoms with van der Waals surface area (Å²) in [6.07, 6.45) is 0.420. The summed E-state index contributed by atoms with van der Waals surface area (Å²) >= 11 is 0. The molecule has 6 heteroatoms. The lowest BCUT2D eigenvalue weighted by atomic mass is 10.2. The van der Waals surface area contributed by atoms with Gasteiger partial charge in [0.1, 0.15) is 0 Å². The second kappa shape index (κ2) is 4.39. The number of carbonyl (C=O) groups is 2. The molecule has 90 valence electrons. The van der Waals surface area contributed by atoms with E-state index in [0.29, 0.717) is 26.2 Å². The summed E-state index contributed by atoms with van der Waals surface area (Å²) in [5.41, 5.74) is 0. The molecule has 3 unspecified atom stereocenters. The van der Waals surface area contributed by atoms with Gasteiger partial charge in [-0.3, -0.25) is 9.59 Å². The van der Waals surface area contributed by atoms with Gasteiger partial charge in [0, 0.05) is 6.54 Å². The number of aliphatic hydroxyl groups is 1. The van der Waals surface area contributed by atoms with E-state index in [9.17, 15) is 9.59 Å². The summed E-state index contributed by atoms with van der Waals surface area (Å²) < 4.78 is 5.16. The maximum absolute atomic E-state index is 11.9. The van der Waals surface area contributed by atoms with Gasteiger partial charge in [-0.25, -0.2) is 0 Å². The van der Waals surface area contributed by atoms with Crippen LogP contribution in [0.15, 0.2) is 0 Å². The first-order valence-electron chi connectivity index (χ1n) is 5.37. The van der Waals surface area contributed by atoms with Gasteiger partial charge in [0.25, 0.3) is 0 Å². The molecular weight excluding hydrogens is 214 g/mol. The highest BCUT2D eigenvalue weighted by Gasteiger charge is 2.50. The minimum atomic E-state index is -0.910. The molecule has 1 amide bonds. The fraction of sp³-hybridized carbons (Fsp3) is 0.800. The zero-order chi connectivity index (χ0) is 11.7. The second-order valence-electron chi connectivity index (χ2n) is 4.23. The average molecular weight is 229 g/mol. The number of amides is 1. The van der Waals surface area contributed by atoms with Crippen molar-refractivity contribution in [2.24, 2.45) is 11.8 Å². The van der Waals surface area contributed by atoms with Gasteiger partial charge in [-0.15, -0.1) is 0 Å². The Hall–Kier alpha value is -1.14. The predicted octanol–water partition coefficient (Wildman–Crippen LogP) is -1.07. The molecule has 0 radical (unpaired) electrons. The minimum absolute atomic E-state index is 0.143. The Bertz CT molecular complexity index is 306. The number of aliphatic carboxylic acids is 1. The van der Waals surface area contributed by atoms with Gasteiger partial charge in [-0.1, -0.05) is 0 Å². The fourth-order valence-electron chi connectivity index (χ4n) is 2.05. The summed E-state index contributed by atoms with van der Waals surface area (Å²) in [5, 5.41) is 17.8. The molecule has 0 aromatic rings. The Morgan fingerprint density at radius 2 is 2.12 bits per heavy atom. The molecule has 0 aromatic carbocycles. The third-order valence-electron chi connectivity index (χ3n) is 3.15. The van der Waals surface area contributed by atoms with Crippen LogP contribution in [0.5, 0.6) is 0 Å². The van der Waals surface area contributed by atoms with Gasteiger partial charge in [-0.2, -0.15) is 0 Å². The molecule has 0 aromatic heterocycles. The van der Waals surface area contributed by atoms with E-state index in [1.54, 1.807) is 4.90 Å². The summed E-state index contributed by atoms with van der Waals surface area (Å²) in [5.74, 6) is -2.00. The van der Waals surface area contributed by atoms with Crippen LogP contribution in [0.25, 0.3) is 0 Å². The number of hydrogen-bond acceptors (Lipinski definition) is 4. The van der Waals surface area contributed by atoms with E-state index in [0.717, 1.165) is 0 Å². The summed E-state index contributed by atoms with van der Waals surface area (Å²) in [4.78, 5) is 24.2. The molecule has 1 heterocycles. The largest absolute Gasteiger partial charge is 0.481 e. The fourth-order valence-corrected chi connectivity index (χ4v) is 2.05. The number of ether oxygens (including phenoxy) is 1. The van der Waals surface area contributed by atoms with Crippen LogP contribution in [-0.2, 0) is 14.3 Å². The first-order valence-corrected chi connectivity index (χ1v) is 5.37. The lowest BCUT2D eigenvalue weighted by Gasteiger charge is -2.34. The molecule has 2 rings (SSSR count). The Morgan fingerprint density at radius 3 is 2.69 bits per heavy atom.